The molecule has 8 heteroatoms. The van der Waals surface area contributed by atoms with Crippen molar-refractivity contribution in [3.8, 4) is 0 Å². The molecular weight excluding hydrogens is 413 g/mol. The molecule has 5 nitrogen and oxygen atoms in total. The zero-order valence-electron chi connectivity index (χ0n) is 15.5. The summed E-state index contributed by atoms with van der Waals surface area (Å²) in [7, 11) is 0. The Morgan fingerprint density at radius 1 is 1.17 bits per heavy atom. The number of anilines is 2. The minimum absolute atomic E-state index is 0.143. The minimum Gasteiger partial charge on any atom is -0.325 e. The molecule has 2 amide bonds. The van der Waals surface area contributed by atoms with E-state index < -0.39 is 5.82 Å². The lowest BCUT2D eigenvalue weighted by atomic mass is 10.1. The van der Waals surface area contributed by atoms with Crippen molar-refractivity contribution < 1.29 is 14.0 Å². The van der Waals surface area contributed by atoms with Crippen LogP contribution in [0.1, 0.15) is 38.8 Å². The van der Waals surface area contributed by atoms with E-state index in [2.05, 4.69) is 15.6 Å². The first-order valence-electron chi connectivity index (χ1n) is 9.05. The number of nitrogens with one attached hydrogen (secondary N) is 2. The van der Waals surface area contributed by atoms with Gasteiger partial charge in [0.15, 0.2) is 5.13 Å². The Labute approximate surface area is 175 Å². The molecule has 0 fully saturated rings. The van der Waals surface area contributed by atoms with Crippen molar-refractivity contribution in [1.82, 2.24) is 4.98 Å². The van der Waals surface area contributed by atoms with Crippen LogP contribution in [0, 0.1) is 12.7 Å². The van der Waals surface area contributed by atoms with Crippen molar-refractivity contribution in [3.63, 3.8) is 0 Å². The van der Waals surface area contributed by atoms with Gasteiger partial charge < -0.3 is 5.32 Å². The van der Waals surface area contributed by atoms with E-state index in [1.54, 1.807) is 12.1 Å². The van der Waals surface area contributed by atoms with Crippen LogP contribution in [-0.2, 0) is 11.2 Å². The Morgan fingerprint density at radius 2 is 1.93 bits per heavy atom. The topological polar surface area (TPSA) is 71.1 Å². The van der Waals surface area contributed by atoms with Crippen molar-refractivity contribution in [2.75, 3.05) is 10.6 Å². The number of carbonyl (C=O) groups excluding carboxylic acids is 2. The van der Waals surface area contributed by atoms with Crippen LogP contribution >= 0.6 is 22.9 Å². The lowest BCUT2D eigenvalue weighted by molar-refractivity contribution is -0.117. The van der Waals surface area contributed by atoms with Gasteiger partial charge in [0.2, 0.25) is 5.91 Å². The molecule has 0 saturated carbocycles. The molecular formula is C21H17ClFN3O2S. The van der Waals surface area contributed by atoms with Crippen molar-refractivity contribution in [2.24, 2.45) is 0 Å². The molecule has 1 unspecified atom stereocenters. The van der Waals surface area contributed by atoms with Crippen molar-refractivity contribution in [3.05, 3.63) is 75.0 Å². The fourth-order valence-electron chi connectivity index (χ4n) is 3.27. The molecule has 0 aliphatic heterocycles. The summed E-state index contributed by atoms with van der Waals surface area (Å²) in [5, 5.41) is 6.69. The van der Waals surface area contributed by atoms with Crippen LogP contribution in [-0.4, -0.2) is 16.8 Å². The van der Waals surface area contributed by atoms with Crippen molar-refractivity contribution in [1.29, 1.82) is 0 Å². The smallest absolute Gasteiger partial charge is 0.257 e. The Morgan fingerprint density at radius 3 is 2.69 bits per heavy atom. The Kier molecular flexibility index (Phi) is 5.34. The highest BCUT2D eigenvalue weighted by Crippen LogP contribution is 2.39. The van der Waals surface area contributed by atoms with Gasteiger partial charge in [0.25, 0.3) is 5.91 Å². The lowest BCUT2D eigenvalue weighted by Crippen LogP contribution is -2.20. The summed E-state index contributed by atoms with van der Waals surface area (Å²) in [4.78, 5) is 30.6. The van der Waals surface area contributed by atoms with Gasteiger partial charge in [-0.25, -0.2) is 9.37 Å². The molecule has 148 valence electrons. The fourth-order valence-corrected chi connectivity index (χ4v) is 4.48. The van der Waals surface area contributed by atoms with E-state index in [-0.39, 0.29) is 17.7 Å². The Hall–Kier alpha value is -2.77. The number of carbonyl (C=O) groups is 2. The van der Waals surface area contributed by atoms with E-state index >= 15 is 0 Å². The van der Waals surface area contributed by atoms with Crippen molar-refractivity contribution >= 4 is 45.6 Å². The maximum atomic E-state index is 13.0. The van der Waals surface area contributed by atoms with Gasteiger partial charge >= 0.3 is 0 Å². The summed E-state index contributed by atoms with van der Waals surface area (Å²) in [6.45, 7) is 1.85. The second-order valence-electron chi connectivity index (χ2n) is 6.78. The third-order valence-electron chi connectivity index (χ3n) is 4.89. The van der Waals surface area contributed by atoms with Gasteiger partial charge in [-0.15, -0.1) is 11.3 Å². The van der Waals surface area contributed by atoms with Gasteiger partial charge in [-0.05, 0) is 61.7 Å². The Bertz CT molecular complexity index is 1100. The second-order valence-corrected chi connectivity index (χ2v) is 8.27. The van der Waals surface area contributed by atoms with Crippen LogP contribution in [0.5, 0.6) is 0 Å². The number of benzene rings is 2. The zero-order valence-corrected chi connectivity index (χ0v) is 17.0. The summed E-state index contributed by atoms with van der Waals surface area (Å²) >= 11 is 7.49. The molecule has 1 atom stereocenters. The number of hydrogen-bond donors (Lipinski definition) is 2. The van der Waals surface area contributed by atoms with Gasteiger partial charge in [-0.3, -0.25) is 14.9 Å². The summed E-state index contributed by atoms with van der Waals surface area (Å²) in [5.74, 6) is -1.29. The number of amides is 2. The average Bonchev–Trinajstić information content (AvgIpc) is 3.26. The number of rotatable bonds is 4. The minimum atomic E-state index is -0.404. The molecule has 0 bridgehead atoms. The summed E-state index contributed by atoms with van der Waals surface area (Å²) < 4.78 is 13.0. The van der Waals surface area contributed by atoms with Gasteiger partial charge in [0, 0.05) is 21.2 Å². The van der Waals surface area contributed by atoms with Crippen LogP contribution in [0.2, 0.25) is 5.02 Å². The zero-order chi connectivity index (χ0) is 20.5. The van der Waals surface area contributed by atoms with Crippen LogP contribution in [0.25, 0.3) is 0 Å². The summed E-state index contributed by atoms with van der Waals surface area (Å²) in [6.07, 6.45) is 1.40. The lowest BCUT2D eigenvalue weighted by Gasteiger charge is -2.13. The molecule has 1 aliphatic rings. The van der Waals surface area contributed by atoms with E-state index in [1.165, 1.54) is 35.6 Å². The molecule has 4 rings (SSSR count). The van der Waals surface area contributed by atoms with E-state index in [1.807, 2.05) is 13.0 Å². The number of aromatic nitrogens is 1. The first-order valence-corrected chi connectivity index (χ1v) is 10.2. The molecule has 0 saturated heterocycles. The molecule has 1 aliphatic carbocycles. The third kappa shape index (κ3) is 4.02. The summed E-state index contributed by atoms with van der Waals surface area (Å²) in [5.41, 5.74) is 2.52. The molecule has 1 aromatic heterocycles. The molecule has 0 spiro atoms. The van der Waals surface area contributed by atoms with Crippen LogP contribution in [0.15, 0.2) is 42.5 Å². The molecule has 2 aromatic carbocycles. The van der Waals surface area contributed by atoms with Crippen LogP contribution in [0.4, 0.5) is 15.2 Å². The summed E-state index contributed by atoms with van der Waals surface area (Å²) in [6, 6.07) is 10.7. The second kappa shape index (κ2) is 7.93. The van der Waals surface area contributed by atoms with Gasteiger partial charge in [0.1, 0.15) is 5.82 Å². The maximum Gasteiger partial charge on any atom is 0.257 e. The maximum absolute atomic E-state index is 13.0. The normalized spacial score (nSPS) is 15.1. The molecule has 2 N–H and O–H groups in total. The van der Waals surface area contributed by atoms with E-state index in [4.69, 9.17) is 11.6 Å². The van der Waals surface area contributed by atoms with E-state index in [0.717, 1.165) is 16.9 Å². The number of hydrogen-bond acceptors (Lipinski definition) is 4. The van der Waals surface area contributed by atoms with E-state index in [9.17, 15) is 14.0 Å². The van der Waals surface area contributed by atoms with E-state index in [0.29, 0.717) is 33.5 Å². The molecule has 29 heavy (non-hydrogen) atoms. The molecule has 0 radical (unpaired) electrons. The van der Waals surface area contributed by atoms with Gasteiger partial charge in [-0.1, -0.05) is 17.7 Å². The number of halogens is 2. The number of fused-ring (bicyclic) bond motifs is 1. The highest BCUT2D eigenvalue weighted by Gasteiger charge is 2.33. The van der Waals surface area contributed by atoms with Gasteiger partial charge in [-0.2, -0.15) is 0 Å². The average molecular weight is 430 g/mol. The quantitative estimate of drug-likeness (QED) is 0.601. The fraction of sp³-hybridized carbons (Fsp3) is 0.190. The van der Waals surface area contributed by atoms with Crippen LogP contribution in [0.3, 0.4) is 0 Å². The molecule has 1 heterocycles. The largest absolute Gasteiger partial charge is 0.325 e. The molecule has 3 aromatic rings. The predicted octanol–water partition coefficient (Wildman–Crippen LogP) is 5.16. The standard InChI is InChI=1S/C21H17ClFN3O2S/c1-11-15(22)3-2-4-16(11)24-20(28)14-9-10-17-18(14)25-21(29-17)26-19(27)12-5-7-13(23)8-6-12/h2-8,14H,9-10H2,1H3,(H,24,28)(H,25,26,27). The van der Waals surface area contributed by atoms with Crippen molar-refractivity contribution in [2.45, 2.75) is 25.7 Å². The number of thiazole rings is 1. The first-order chi connectivity index (χ1) is 13.9. The number of aryl methyl sites for hydroxylation is 1. The van der Waals surface area contributed by atoms with Crippen LogP contribution < -0.4 is 10.6 Å². The van der Waals surface area contributed by atoms with Gasteiger partial charge in [0.05, 0.1) is 11.6 Å². The highest BCUT2D eigenvalue weighted by atomic mass is 35.5. The highest BCUT2D eigenvalue weighted by molar-refractivity contribution is 7.16. The SMILES string of the molecule is Cc1c(Cl)cccc1NC(=O)C1CCc2sc(NC(=O)c3ccc(F)cc3)nc21. The first kappa shape index (κ1) is 19.5. The number of nitrogens with zero attached hydrogens (tertiary/aromatic N) is 1. The monoisotopic (exact) mass is 429 g/mol. The predicted molar refractivity (Wildman–Crippen MR) is 112 cm³/mol. The third-order valence-corrected chi connectivity index (χ3v) is 6.34. The Balaban J connectivity index is 1.48.